The topological polar surface area (TPSA) is 97.5 Å². The van der Waals surface area contributed by atoms with Crippen molar-refractivity contribution in [1.82, 2.24) is 4.98 Å². The SMILES string of the molecule is CCC(CCc1nc(-c2ccc(S(C)(=O)=O)cc2)c(-c2ccccc2)o1)C(=O)O. The third-order valence-corrected chi connectivity index (χ3v) is 5.94. The molecule has 0 bridgehead atoms. The normalized spacial score (nSPS) is 12.6. The van der Waals surface area contributed by atoms with E-state index < -0.39 is 21.7 Å². The van der Waals surface area contributed by atoms with Gasteiger partial charge >= 0.3 is 5.97 Å². The van der Waals surface area contributed by atoms with Gasteiger partial charge < -0.3 is 9.52 Å². The Bertz CT molecular complexity index is 1090. The Morgan fingerprint density at radius 3 is 2.28 bits per heavy atom. The molecule has 7 heteroatoms. The number of carbonyl (C=O) groups is 1. The Labute approximate surface area is 170 Å². The molecular formula is C22H23NO5S. The lowest BCUT2D eigenvalue weighted by Gasteiger charge is -2.06. The van der Waals surface area contributed by atoms with E-state index in [1.807, 2.05) is 37.3 Å². The summed E-state index contributed by atoms with van der Waals surface area (Å²) >= 11 is 0. The average molecular weight is 413 g/mol. The van der Waals surface area contributed by atoms with Crippen LogP contribution in [-0.2, 0) is 21.1 Å². The molecule has 1 atom stereocenters. The maximum atomic E-state index is 11.7. The molecule has 0 saturated heterocycles. The van der Waals surface area contributed by atoms with Crippen molar-refractivity contribution in [3.05, 3.63) is 60.5 Å². The lowest BCUT2D eigenvalue weighted by molar-refractivity contribution is -0.142. The lowest BCUT2D eigenvalue weighted by atomic mass is 10.0. The van der Waals surface area contributed by atoms with Crippen LogP contribution in [0.1, 0.15) is 25.7 Å². The highest BCUT2D eigenvalue weighted by Gasteiger charge is 2.20. The molecule has 0 amide bonds. The van der Waals surface area contributed by atoms with Gasteiger partial charge in [0.25, 0.3) is 0 Å². The maximum Gasteiger partial charge on any atom is 0.306 e. The smallest absolute Gasteiger partial charge is 0.306 e. The summed E-state index contributed by atoms with van der Waals surface area (Å²) in [5, 5.41) is 9.26. The second-order valence-electron chi connectivity index (χ2n) is 6.93. The Morgan fingerprint density at radius 1 is 1.07 bits per heavy atom. The van der Waals surface area contributed by atoms with E-state index in [2.05, 4.69) is 4.98 Å². The van der Waals surface area contributed by atoms with E-state index in [9.17, 15) is 18.3 Å². The second-order valence-corrected chi connectivity index (χ2v) is 8.95. The van der Waals surface area contributed by atoms with Gasteiger partial charge in [-0.2, -0.15) is 0 Å². The van der Waals surface area contributed by atoms with Gasteiger partial charge in [-0.25, -0.2) is 13.4 Å². The lowest BCUT2D eigenvalue weighted by Crippen LogP contribution is -2.13. The summed E-state index contributed by atoms with van der Waals surface area (Å²) in [4.78, 5) is 16.1. The van der Waals surface area contributed by atoms with Crippen molar-refractivity contribution in [1.29, 1.82) is 0 Å². The van der Waals surface area contributed by atoms with Gasteiger partial charge in [-0.1, -0.05) is 49.4 Å². The number of aliphatic carboxylic acids is 1. The quantitative estimate of drug-likeness (QED) is 0.586. The molecule has 3 aromatic rings. The molecule has 6 nitrogen and oxygen atoms in total. The predicted molar refractivity (Wildman–Crippen MR) is 110 cm³/mol. The molecule has 1 heterocycles. The molecule has 0 aliphatic rings. The van der Waals surface area contributed by atoms with Crippen LogP contribution in [0.5, 0.6) is 0 Å². The zero-order chi connectivity index (χ0) is 21.0. The molecule has 2 aromatic carbocycles. The minimum absolute atomic E-state index is 0.235. The molecule has 0 saturated carbocycles. The number of aryl methyl sites for hydroxylation is 1. The minimum Gasteiger partial charge on any atom is -0.481 e. The minimum atomic E-state index is -3.29. The van der Waals surface area contributed by atoms with E-state index >= 15 is 0 Å². The van der Waals surface area contributed by atoms with E-state index in [-0.39, 0.29) is 4.90 Å². The van der Waals surface area contributed by atoms with Gasteiger partial charge in [0.15, 0.2) is 21.5 Å². The number of carboxylic acid groups (broad SMARTS) is 1. The van der Waals surface area contributed by atoms with Crippen molar-refractivity contribution in [2.45, 2.75) is 31.1 Å². The van der Waals surface area contributed by atoms with Gasteiger partial charge in [-0.15, -0.1) is 0 Å². The fourth-order valence-corrected chi connectivity index (χ4v) is 3.74. The Hall–Kier alpha value is -2.93. The average Bonchev–Trinajstić information content (AvgIpc) is 3.12. The van der Waals surface area contributed by atoms with Crippen molar-refractivity contribution in [3.8, 4) is 22.6 Å². The molecule has 0 aliphatic carbocycles. The van der Waals surface area contributed by atoms with Gasteiger partial charge in [0.2, 0.25) is 0 Å². The highest BCUT2D eigenvalue weighted by atomic mass is 32.2. The molecule has 1 aromatic heterocycles. The first-order valence-corrected chi connectivity index (χ1v) is 11.3. The van der Waals surface area contributed by atoms with Crippen molar-refractivity contribution in [3.63, 3.8) is 0 Å². The zero-order valence-electron chi connectivity index (χ0n) is 16.3. The van der Waals surface area contributed by atoms with Crippen LogP contribution in [0.3, 0.4) is 0 Å². The number of hydrogen-bond donors (Lipinski definition) is 1. The third-order valence-electron chi connectivity index (χ3n) is 4.81. The number of carboxylic acids is 1. The Morgan fingerprint density at radius 2 is 1.72 bits per heavy atom. The summed E-state index contributed by atoms with van der Waals surface area (Å²) in [5.41, 5.74) is 2.19. The van der Waals surface area contributed by atoms with Crippen LogP contribution in [0.15, 0.2) is 63.9 Å². The molecule has 29 heavy (non-hydrogen) atoms. The van der Waals surface area contributed by atoms with Crippen LogP contribution < -0.4 is 0 Å². The van der Waals surface area contributed by atoms with Crippen LogP contribution >= 0.6 is 0 Å². The first-order chi connectivity index (χ1) is 13.8. The highest BCUT2D eigenvalue weighted by molar-refractivity contribution is 7.90. The fourth-order valence-electron chi connectivity index (χ4n) is 3.11. The molecule has 3 rings (SSSR count). The molecule has 0 radical (unpaired) electrons. The number of hydrogen-bond acceptors (Lipinski definition) is 5. The molecule has 152 valence electrons. The summed E-state index contributed by atoms with van der Waals surface area (Å²) in [6, 6.07) is 16.0. The van der Waals surface area contributed by atoms with E-state index in [1.54, 1.807) is 24.3 Å². The van der Waals surface area contributed by atoms with Crippen LogP contribution in [0.4, 0.5) is 0 Å². The van der Waals surface area contributed by atoms with Crippen molar-refractivity contribution < 1.29 is 22.7 Å². The predicted octanol–water partition coefficient (Wildman–Crippen LogP) is 4.46. The Kier molecular flexibility index (Phi) is 6.17. The number of sulfone groups is 1. The van der Waals surface area contributed by atoms with Gasteiger partial charge in [-0.3, -0.25) is 4.79 Å². The largest absolute Gasteiger partial charge is 0.481 e. The zero-order valence-corrected chi connectivity index (χ0v) is 17.1. The number of aromatic nitrogens is 1. The fraction of sp³-hybridized carbons (Fsp3) is 0.273. The molecule has 0 fully saturated rings. The van der Waals surface area contributed by atoms with Crippen LogP contribution in [-0.4, -0.2) is 30.7 Å². The summed E-state index contributed by atoms with van der Waals surface area (Å²) in [6.07, 6.45) is 2.55. The number of nitrogens with zero attached hydrogens (tertiary/aromatic N) is 1. The standard InChI is InChI=1S/C22H23NO5S/c1-3-15(22(24)25)11-14-19-23-20(21(28-19)17-7-5-4-6-8-17)16-9-12-18(13-10-16)29(2,26)27/h4-10,12-13,15H,3,11,14H2,1-2H3,(H,24,25). The van der Waals surface area contributed by atoms with Gasteiger partial charge in [0.1, 0.15) is 5.69 Å². The van der Waals surface area contributed by atoms with Crippen LogP contribution in [0.25, 0.3) is 22.6 Å². The maximum absolute atomic E-state index is 11.7. The van der Waals surface area contributed by atoms with Crippen molar-refractivity contribution in [2.24, 2.45) is 5.92 Å². The summed E-state index contributed by atoms with van der Waals surface area (Å²) in [5.74, 6) is -0.222. The second kappa shape index (κ2) is 8.61. The molecule has 1 unspecified atom stereocenters. The molecule has 0 aliphatic heterocycles. The van der Waals surface area contributed by atoms with Gasteiger partial charge in [0, 0.05) is 23.8 Å². The highest BCUT2D eigenvalue weighted by Crippen LogP contribution is 2.33. The first-order valence-electron chi connectivity index (χ1n) is 9.38. The van der Waals surface area contributed by atoms with Crippen LogP contribution in [0, 0.1) is 5.92 Å². The molecule has 1 N–H and O–H groups in total. The van der Waals surface area contributed by atoms with Crippen molar-refractivity contribution in [2.75, 3.05) is 6.26 Å². The number of benzene rings is 2. The molecular weight excluding hydrogens is 390 g/mol. The number of oxazole rings is 1. The van der Waals surface area contributed by atoms with E-state index in [0.717, 1.165) is 17.4 Å². The summed E-state index contributed by atoms with van der Waals surface area (Å²) < 4.78 is 29.5. The van der Waals surface area contributed by atoms with E-state index in [0.29, 0.717) is 36.6 Å². The van der Waals surface area contributed by atoms with Crippen molar-refractivity contribution >= 4 is 15.8 Å². The van der Waals surface area contributed by atoms with E-state index in [1.165, 1.54) is 0 Å². The Balaban J connectivity index is 1.98. The monoisotopic (exact) mass is 413 g/mol. The van der Waals surface area contributed by atoms with Gasteiger partial charge in [0.05, 0.1) is 10.8 Å². The first kappa shape index (κ1) is 20.8. The van der Waals surface area contributed by atoms with Crippen LogP contribution in [0.2, 0.25) is 0 Å². The van der Waals surface area contributed by atoms with Gasteiger partial charge in [-0.05, 0) is 25.0 Å². The number of rotatable bonds is 8. The van der Waals surface area contributed by atoms with E-state index in [4.69, 9.17) is 4.42 Å². The molecule has 0 spiro atoms. The third kappa shape index (κ3) is 4.92. The summed E-state index contributed by atoms with van der Waals surface area (Å²) in [6.45, 7) is 1.85. The summed E-state index contributed by atoms with van der Waals surface area (Å²) in [7, 11) is -3.29.